The smallest absolute Gasteiger partial charge is 0.280 e. The molecule has 0 saturated heterocycles. The van der Waals surface area contributed by atoms with Crippen molar-refractivity contribution in [2.75, 3.05) is 5.32 Å². The molecule has 0 spiro atoms. The fourth-order valence-electron chi connectivity index (χ4n) is 3.26. The molecule has 0 atom stereocenters. The van der Waals surface area contributed by atoms with Gasteiger partial charge >= 0.3 is 0 Å². The van der Waals surface area contributed by atoms with E-state index in [1.165, 1.54) is 0 Å². The van der Waals surface area contributed by atoms with Crippen LogP contribution in [0.5, 0.6) is 0 Å². The lowest BCUT2D eigenvalue weighted by Crippen LogP contribution is -2.27. The maximum absolute atomic E-state index is 12.7. The van der Waals surface area contributed by atoms with Crippen LogP contribution in [-0.2, 0) is 19.6 Å². The molecule has 1 aliphatic heterocycles. The first kappa shape index (κ1) is 15.5. The Hall–Kier alpha value is -2.99. The van der Waals surface area contributed by atoms with Crippen LogP contribution in [-0.4, -0.2) is 15.7 Å². The summed E-state index contributed by atoms with van der Waals surface area (Å²) in [5, 5.41) is 10.9. The van der Waals surface area contributed by atoms with Gasteiger partial charge in [0.1, 0.15) is 0 Å². The Balaban J connectivity index is 1.77. The summed E-state index contributed by atoms with van der Waals surface area (Å²) in [7, 11) is 0. The Morgan fingerprint density at radius 3 is 2.88 bits per heavy atom. The first-order valence-electron chi connectivity index (χ1n) is 8.31. The van der Waals surface area contributed by atoms with E-state index in [9.17, 15) is 9.59 Å². The molecule has 0 fully saturated rings. The van der Waals surface area contributed by atoms with E-state index < -0.39 is 5.91 Å². The molecule has 2 N–H and O–H groups in total. The standard InChI is InChI=1S/C19H18N4O2/c1-2-23-16-9-4-3-7-13(16)18(24)17(22-23)19(25)21-15-8-5-6-12-10-20-11-14(12)15/h3-9,20H,2,10-11H2,1H3,(H,21,25). The summed E-state index contributed by atoms with van der Waals surface area (Å²) in [6.07, 6.45) is 0. The molecule has 25 heavy (non-hydrogen) atoms. The highest BCUT2D eigenvalue weighted by Gasteiger charge is 2.20. The van der Waals surface area contributed by atoms with Crippen LogP contribution in [0.3, 0.4) is 0 Å². The van der Waals surface area contributed by atoms with Gasteiger partial charge in [-0.25, -0.2) is 0 Å². The van der Waals surface area contributed by atoms with Crippen LogP contribution in [0.25, 0.3) is 10.9 Å². The summed E-state index contributed by atoms with van der Waals surface area (Å²) < 4.78 is 1.68. The normalized spacial score (nSPS) is 13.0. The summed E-state index contributed by atoms with van der Waals surface area (Å²) in [6, 6.07) is 13.0. The number of carbonyl (C=O) groups is 1. The maximum Gasteiger partial charge on any atom is 0.280 e. The molecule has 2 aromatic carbocycles. The van der Waals surface area contributed by atoms with Crippen molar-refractivity contribution in [3.05, 3.63) is 69.5 Å². The van der Waals surface area contributed by atoms with Gasteiger partial charge in [-0.15, -0.1) is 0 Å². The number of benzene rings is 2. The molecule has 1 aliphatic rings. The van der Waals surface area contributed by atoms with E-state index >= 15 is 0 Å². The van der Waals surface area contributed by atoms with E-state index in [0.29, 0.717) is 18.5 Å². The summed E-state index contributed by atoms with van der Waals surface area (Å²) in [5.74, 6) is -0.474. The fraction of sp³-hybridized carbons (Fsp3) is 0.211. The largest absolute Gasteiger partial charge is 0.320 e. The first-order valence-corrected chi connectivity index (χ1v) is 8.31. The second-order valence-electron chi connectivity index (χ2n) is 6.01. The summed E-state index contributed by atoms with van der Waals surface area (Å²) >= 11 is 0. The number of anilines is 1. The minimum atomic E-state index is -0.474. The number of fused-ring (bicyclic) bond motifs is 2. The second-order valence-corrected chi connectivity index (χ2v) is 6.01. The minimum absolute atomic E-state index is 0.0795. The van der Waals surface area contributed by atoms with Gasteiger partial charge in [0.15, 0.2) is 5.69 Å². The highest BCUT2D eigenvalue weighted by molar-refractivity contribution is 6.04. The zero-order valence-corrected chi connectivity index (χ0v) is 13.9. The molecule has 1 aromatic heterocycles. The van der Waals surface area contributed by atoms with Crippen molar-refractivity contribution in [2.24, 2.45) is 0 Å². The van der Waals surface area contributed by atoms with Crippen molar-refractivity contribution >= 4 is 22.5 Å². The number of para-hydroxylation sites is 1. The monoisotopic (exact) mass is 334 g/mol. The van der Waals surface area contributed by atoms with Gasteiger partial charge in [-0.2, -0.15) is 5.10 Å². The van der Waals surface area contributed by atoms with E-state index in [4.69, 9.17) is 0 Å². The number of nitrogens with one attached hydrogen (secondary N) is 2. The third-order valence-electron chi connectivity index (χ3n) is 4.52. The second kappa shape index (κ2) is 6.14. The summed E-state index contributed by atoms with van der Waals surface area (Å²) in [6.45, 7) is 4.00. The van der Waals surface area contributed by atoms with Gasteiger partial charge in [0.2, 0.25) is 5.43 Å². The lowest BCUT2D eigenvalue weighted by Gasteiger charge is -2.12. The molecule has 0 aliphatic carbocycles. The number of hydrogen-bond donors (Lipinski definition) is 2. The van der Waals surface area contributed by atoms with E-state index in [1.807, 2.05) is 37.3 Å². The fourth-order valence-corrected chi connectivity index (χ4v) is 3.26. The number of hydrogen-bond acceptors (Lipinski definition) is 4. The van der Waals surface area contributed by atoms with Crippen molar-refractivity contribution in [1.29, 1.82) is 0 Å². The number of aromatic nitrogens is 2. The van der Waals surface area contributed by atoms with Crippen molar-refractivity contribution in [2.45, 2.75) is 26.6 Å². The molecular weight excluding hydrogens is 316 g/mol. The Morgan fingerprint density at radius 2 is 2.04 bits per heavy atom. The van der Waals surface area contributed by atoms with Gasteiger partial charge in [0, 0.05) is 30.7 Å². The minimum Gasteiger partial charge on any atom is -0.320 e. The van der Waals surface area contributed by atoms with Crippen LogP contribution in [0.1, 0.15) is 28.5 Å². The molecule has 0 saturated carbocycles. The van der Waals surface area contributed by atoms with Gasteiger partial charge in [0.05, 0.1) is 5.52 Å². The van der Waals surface area contributed by atoms with Crippen LogP contribution in [0, 0.1) is 0 Å². The molecule has 0 bridgehead atoms. The van der Waals surface area contributed by atoms with Crippen molar-refractivity contribution in [3.63, 3.8) is 0 Å². The van der Waals surface area contributed by atoms with Crippen molar-refractivity contribution in [1.82, 2.24) is 15.1 Å². The third-order valence-corrected chi connectivity index (χ3v) is 4.52. The van der Waals surface area contributed by atoms with Crippen molar-refractivity contribution in [3.8, 4) is 0 Å². The van der Waals surface area contributed by atoms with Gasteiger partial charge in [-0.3, -0.25) is 14.3 Å². The molecule has 6 nitrogen and oxygen atoms in total. The molecule has 1 amide bonds. The Kier molecular flexibility index (Phi) is 3.82. The Morgan fingerprint density at radius 1 is 1.20 bits per heavy atom. The zero-order chi connectivity index (χ0) is 17.4. The van der Waals surface area contributed by atoms with E-state index in [0.717, 1.165) is 28.9 Å². The highest BCUT2D eigenvalue weighted by atomic mass is 16.2. The number of nitrogens with zero attached hydrogens (tertiary/aromatic N) is 2. The van der Waals surface area contributed by atoms with Crippen LogP contribution < -0.4 is 16.1 Å². The van der Waals surface area contributed by atoms with Gasteiger partial charge < -0.3 is 10.6 Å². The molecule has 4 rings (SSSR count). The Labute approximate surface area is 144 Å². The summed E-state index contributed by atoms with van der Waals surface area (Å²) in [5.41, 5.74) is 3.26. The van der Waals surface area contributed by atoms with Crippen LogP contribution in [0.15, 0.2) is 47.3 Å². The molecule has 126 valence electrons. The van der Waals surface area contributed by atoms with Crippen LogP contribution in [0.2, 0.25) is 0 Å². The summed E-state index contributed by atoms with van der Waals surface area (Å²) in [4.78, 5) is 25.5. The van der Waals surface area contributed by atoms with E-state index in [1.54, 1.807) is 16.8 Å². The Bertz CT molecular complexity index is 1040. The lowest BCUT2D eigenvalue weighted by atomic mass is 10.1. The number of amides is 1. The van der Waals surface area contributed by atoms with Crippen LogP contribution in [0.4, 0.5) is 5.69 Å². The van der Waals surface area contributed by atoms with Gasteiger partial charge in [-0.05, 0) is 36.2 Å². The third kappa shape index (κ3) is 2.60. The molecule has 0 radical (unpaired) electrons. The van der Waals surface area contributed by atoms with Crippen molar-refractivity contribution < 1.29 is 4.79 Å². The topological polar surface area (TPSA) is 76.0 Å². The molecular formula is C19H18N4O2. The molecule has 2 heterocycles. The van der Waals surface area contributed by atoms with E-state index in [2.05, 4.69) is 15.7 Å². The predicted octanol–water partition coefficient (Wildman–Crippen LogP) is 2.27. The average Bonchev–Trinajstić information content (AvgIpc) is 3.12. The first-order chi connectivity index (χ1) is 12.2. The predicted molar refractivity (Wildman–Crippen MR) is 96.6 cm³/mol. The average molecular weight is 334 g/mol. The highest BCUT2D eigenvalue weighted by Crippen LogP contribution is 2.24. The number of rotatable bonds is 3. The zero-order valence-electron chi connectivity index (χ0n) is 13.9. The number of aryl methyl sites for hydroxylation is 1. The molecule has 0 unspecified atom stereocenters. The van der Waals surface area contributed by atoms with E-state index in [-0.39, 0.29) is 11.1 Å². The maximum atomic E-state index is 12.7. The SMILES string of the molecule is CCn1nc(C(=O)Nc2cccc3c2CNC3)c(=O)c2ccccc21. The number of carbonyl (C=O) groups excluding carboxylic acids is 1. The van der Waals surface area contributed by atoms with Gasteiger partial charge in [0.25, 0.3) is 5.91 Å². The van der Waals surface area contributed by atoms with Gasteiger partial charge in [-0.1, -0.05) is 24.3 Å². The quantitative estimate of drug-likeness (QED) is 0.770. The molecule has 6 heteroatoms. The lowest BCUT2D eigenvalue weighted by molar-refractivity contribution is 0.101. The molecule has 3 aromatic rings. The van der Waals surface area contributed by atoms with Crippen LogP contribution >= 0.6 is 0 Å².